The van der Waals surface area contributed by atoms with Crippen molar-refractivity contribution in [2.75, 3.05) is 7.11 Å². The van der Waals surface area contributed by atoms with Crippen LogP contribution < -0.4 is 10.1 Å². The zero-order valence-corrected chi connectivity index (χ0v) is 11.5. The molecule has 0 aliphatic heterocycles. The van der Waals surface area contributed by atoms with E-state index in [2.05, 4.69) is 10.3 Å². The highest BCUT2D eigenvalue weighted by atomic mass is 35.5. The Morgan fingerprint density at radius 1 is 1.40 bits per heavy atom. The van der Waals surface area contributed by atoms with E-state index in [-0.39, 0.29) is 22.2 Å². The number of pyridine rings is 1. The predicted octanol–water partition coefficient (Wildman–Crippen LogP) is 2.38. The fourth-order valence-corrected chi connectivity index (χ4v) is 1.84. The topological polar surface area (TPSA) is 71.5 Å². The fourth-order valence-electron chi connectivity index (χ4n) is 1.64. The Labute approximate surface area is 121 Å². The van der Waals surface area contributed by atoms with E-state index >= 15 is 0 Å². The van der Waals surface area contributed by atoms with E-state index in [4.69, 9.17) is 16.3 Å². The number of nitrogens with one attached hydrogen (secondary N) is 1. The third-order valence-electron chi connectivity index (χ3n) is 2.66. The highest BCUT2D eigenvalue weighted by Gasteiger charge is 2.11. The zero-order chi connectivity index (χ0) is 14.5. The van der Waals surface area contributed by atoms with Gasteiger partial charge in [-0.25, -0.2) is 4.98 Å². The molecule has 0 spiro atoms. The number of hydrogen-bond acceptors (Lipinski definition) is 4. The average Bonchev–Trinajstić information content (AvgIpc) is 2.47. The van der Waals surface area contributed by atoms with Crippen molar-refractivity contribution in [3.8, 4) is 11.6 Å². The van der Waals surface area contributed by atoms with E-state index in [1.165, 1.54) is 25.3 Å². The smallest absolute Gasteiger partial charge is 0.253 e. The van der Waals surface area contributed by atoms with Gasteiger partial charge in [0.25, 0.3) is 5.91 Å². The van der Waals surface area contributed by atoms with Gasteiger partial charge in [0.2, 0.25) is 5.88 Å². The highest BCUT2D eigenvalue weighted by Crippen LogP contribution is 2.21. The van der Waals surface area contributed by atoms with Crippen molar-refractivity contribution in [3.63, 3.8) is 0 Å². The lowest BCUT2D eigenvalue weighted by Gasteiger charge is -2.08. The Hall–Kier alpha value is -2.27. The minimum Gasteiger partial charge on any atom is -0.508 e. The predicted molar refractivity (Wildman–Crippen MR) is 75.1 cm³/mol. The Morgan fingerprint density at radius 3 is 2.95 bits per heavy atom. The van der Waals surface area contributed by atoms with Crippen LogP contribution in [-0.2, 0) is 6.54 Å². The summed E-state index contributed by atoms with van der Waals surface area (Å²) in [5, 5.41) is 12.4. The summed E-state index contributed by atoms with van der Waals surface area (Å²) in [6, 6.07) is 7.72. The summed E-state index contributed by atoms with van der Waals surface area (Å²) in [7, 11) is 1.53. The number of aromatic hydroxyl groups is 1. The molecule has 1 amide bonds. The van der Waals surface area contributed by atoms with Crippen LogP contribution in [0.4, 0.5) is 0 Å². The van der Waals surface area contributed by atoms with Gasteiger partial charge in [-0.3, -0.25) is 4.79 Å². The molecule has 0 aliphatic carbocycles. The molecule has 0 unspecified atom stereocenters. The molecule has 104 valence electrons. The lowest BCUT2D eigenvalue weighted by molar-refractivity contribution is 0.0950. The van der Waals surface area contributed by atoms with Crippen LogP contribution in [0.1, 0.15) is 15.9 Å². The van der Waals surface area contributed by atoms with E-state index in [0.717, 1.165) is 5.56 Å². The molecule has 0 aliphatic rings. The lowest BCUT2D eigenvalue weighted by atomic mass is 10.2. The Kier molecular flexibility index (Phi) is 4.42. The van der Waals surface area contributed by atoms with Gasteiger partial charge < -0.3 is 15.2 Å². The van der Waals surface area contributed by atoms with Gasteiger partial charge in [-0.2, -0.15) is 0 Å². The zero-order valence-electron chi connectivity index (χ0n) is 10.8. The number of phenolic OH excluding ortho intramolecular Hbond substituents is 1. The summed E-state index contributed by atoms with van der Waals surface area (Å²) in [6.45, 7) is 0.309. The monoisotopic (exact) mass is 292 g/mol. The third-order valence-corrected chi connectivity index (χ3v) is 2.99. The maximum atomic E-state index is 12.0. The van der Waals surface area contributed by atoms with Crippen LogP contribution in [0.15, 0.2) is 36.5 Å². The fraction of sp³-hybridized carbons (Fsp3) is 0.143. The van der Waals surface area contributed by atoms with Crippen LogP contribution >= 0.6 is 11.6 Å². The number of phenols is 1. The summed E-state index contributed by atoms with van der Waals surface area (Å²) < 4.78 is 5.00. The number of amides is 1. The van der Waals surface area contributed by atoms with E-state index in [1.807, 2.05) is 0 Å². The van der Waals surface area contributed by atoms with Crippen LogP contribution in [0.2, 0.25) is 5.02 Å². The van der Waals surface area contributed by atoms with E-state index in [9.17, 15) is 9.90 Å². The molecule has 1 aromatic carbocycles. The maximum Gasteiger partial charge on any atom is 0.253 e. The lowest BCUT2D eigenvalue weighted by Crippen LogP contribution is -2.23. The maximum absolute atomic E-state index is 12.0. The average molecular weight is 293 g/mol. The molecule has 2 aromatic rings. The number of aromatic nitrogens is 1. The van der Waals surface area contributed by atoms with Crippen molar-refractivity contribution >= 4 is 17.5 Å². The van der Waals surface area contributed by atoms with Gasteiger partial charge in [0.15, 0.2) is 0 Å². The van der Waals surface area contributed by atoms with Crippen LogP contribution in [0, 0.1) is 0 Å². The van der Waals surface area contributed by atoms with Crippen molar-refractivity contribution < 1.29 is 14.6 Å². The minimum absolute atomic E-state index is 0.00914. The minimum atomic E-state index is -0.360. The van der Waals surface area contributed by atoms with E-state index in [1.54, 1.807) is 18.3 Å². The number of methoxy groups -OCH3 is 1. The first-order valence-corrected chi connectivity index (χ1v) is 6.23. The van der Waals surface area contributed by atoms with Crippen LogP contribution in [0.3, 0.4) is 0 Å². The molecule has 5 nitrogen and oxygen atoms in total. The van der Waals surface area contributed by atoms with Crippen molar-refractivity contribution in [1.29, 1.82) is 0 Å². The third kappa shape index (κ3) is 3.39. The second-order valence-electron chi connectivity index (χ2n) is 4.05. The quantitative estimate of drug-likeness (QED) is 0.907. The molecule has 6 heteroatoms. The van der Waals surface area contributed by atoms with E-state index in [0.29, 0.717) is 12.4 Å². The Bertz CT molecular complexity index is 632. The Morgan fingerprint density at radius 2 is 2.20 bits per heavy atom. The molecular formula is C14H13ClN2O3. The first-order chi connectivity index (χ1) is 9.60. The molecule has 20 heavy (non-hydrogen) atoms. The van der Waals surface area contributed by atoms with Gasteiger partial charge in [-0.1, -0.05) is 11.6 Å². The number of benzene rings is 1. The number of ether oxygens (including phenoxy) is 1. The SMILES string of the molecule is COc1cc(CNC(=O)c2cc(O)ccc2Cl)ccn1. The molecular weight excluding hydrogens is 280 g/mol. The second kappa shape index (κ2) is 6.25. The summed E-state index contributed by atoms with van der Waals surface area (Å²) in [4.78, 5) is 16.0. The number of carbonyl (C=O) groups is 1. The van der Waals surface area contributed by atoms with Crippen molar-refractivity contribution in [2.24, 2.45) is 0 Å². The molecule has 2 rings (SSSR count). The first kappa shape index (κ1) is 14.1. The summed E-state index contributed by atoms with van der Waals surface area (Å²) >= 11 is 5.92. The molecule has 0 radical (unpaired) electrons. The van der Waals surface area contributed by atoms with Gasteiger partial charge in [0, 0.05) is 18.8 Å². The van der Waals surface area contributed by atoms with Gasteiger partial charge in [-0.15, -0.1) is 0 Å². The molecule has 0 fully saturated rings. The number of halogens is 1. The van der Waals surface area contributed by atoms with Crippen molar-refractivity contribution in [1.82, 2.24) is 10.3 Å². The van der Waals surface area contributed by atoms with Crippen LogP contribution in [0.25, 0.3) is 0 Å². The molecule has 0 bridgehead atoms. The molecule has 1 heterocycles. The molecule has 0 saturated carbocycles. The van der Waals surface area contributed by atoms with Crippen molar-refractivity contribution in [2.45, 2.75) is 6.54 Å². The van der Waals surface area contributed by atoms with Crippen LogP contribution in [0.5, 0.6) is 11.6 Å². The highest BCUT2D eigenvalue weighted by molar-refractivity contribution is 6.33. The number of rotatable bonds is 4. The number of nitrogens with zero attached hydrogens (tertiary/aromatic N) is 1. The first-order valence-electron chi connectivity index (χ1n) is 5.86. The Balaban J connectivity index is 2.06. The van der Waals surface area contributed by atoms with E-state index < -0.39 is 0 Å². The molecule has 0 saturated heterocycles. The summed E-state index contributed by atoms with van der Waals surface area (Å²) in [5.41, 5.74) is 1.08. The van der Waals surface area contributed by atoms with Gasteiger partial charge in [-0.05, 0) is 29.8 Å². The number of hydrogen-bond donors (Lipinski definition) is 2. The second-order valence-corrected chi connectivity index (χ2v) is 4.46. The standard InChI is InChI=1S/C14H13ClN2O3/c1-20-13-6-9(4-5-16-13)8-17-14(19)11-7-10(18)2-3-12(11)15/h2-7,18H,8H2,1H3,(H,17,19). The number of carbonyl (C=O) groups excluding carboxylic acids is 1. The van der Waals surface area contributed by atoms with Gasteiger partial charge >= 0.3 is 0 Å². The molecule has 0 atom stereocenters. The largest absolute Gasteiger partial charge is 0.508 e. The summed E-state index contributed by atoms with van der Waals surface area (Å²) in [6.07, 6.45) is 1.60. The summed E-state index contributed by atoms with van der Waals surface area (Å²) in [5.74, 6) is 0.110. The van der Waals surface area contributed by atoms with Gasteiger partial charge in [0.1, 0.15) is 5.75 Å². The molecule has 1 aromatic heterocycles. The van der Waals surface area contributed by atoms with Crippen LogP contribution in [-0.4, -0.2) is 23.1 Å². The van der Waals surface area contributed by atoms with Crippen molar-refractivity contribution in [3.05, 3.63) is 52.7 Å². The molecule has 2 N–H and O–H groups in total. The normalized spacial score (nSPS) is 10.1. The van der Waals surface area contributed by atoms with Gasteiger partial charge in [0.05, 0.1) is 17.7 Å².